The van der Waals surface area contributed by atoms with Crippen molar-refractivity contribution in [2.24, 2.45) is 5.73 Å². The number of thiocarbonyl (C=S) groups is 1. The minimum atomic E-state index is 0.234. The smallest absolute Gasteiger partial charge is 0.133 e. The Bertz CT molecular complexity index is 611. The topological polar surface area (TPSA) is 62.4 Å². The first-order valence-corrected chi connectivity index (χ1v) is 6.19. The zero-order chi connectivity index (χ0) is 14.0. The number of nitrogens with two attached hydrogens (primary N) is 1. The number of rotatable bonds is 3. The third kappa shape index (κ3) is 3.00. The Morgan fingerprint density at radius 2 is 1.89 bits per heavy atom. The van der Waals surface area contributed by atoms with E-state index >= 15 is 0 Å². The molecule has 98 valence electrons. The van der Waals surface area contributed by atoms with Gasteiger partial charge in [0.1, 0.15) is 16.6 Å². The molecule has 4 nitrogen and oxygen atoms in total. The van der Waals surface area contributed by atoms with E-state index in [1.807, 2.05) is 43.1 Å². The molecule has 1 heterocycles. The number of anilines is 2. The maximum atomic E-state index is 9.30. The quantitative estimate of drug-likeness (QED) is 0.841. The molecule has 1 aromatic carbocycles. The number of aromatic nitrogens is 1. The molecule has 0 saturated heterocycles. The molecule has 0 aliphatic rings. The molecule has 3 N–H and O–H groups in total. The van der Waals surface area contributed by atoms with Gasteiger partial charge in [-0.25, -0.2) is 4.98 Å². The highest BCUT2D eigenvalue weighted by molar-refractivity contribution is 7.80. The lowest BCUT2D eigenvalue weighted by molar-refractivity contribution is 0.475. The molecule has 0 radical (unpaired) electrons. The van der Waals surface area contributed by atoms with Gasteiger partial charge in [-0.2, -0.15) is 0 Å². The van der Waals surface area contributed by atoms with Crippen LogP contribution in [0.2, 0.25) is 0 Å². The van der Waals surface area contributed by atoms with Gasteiger partial charge < -0.3 is 15.7 Å². The van der Waals surface area contributed by atoms with Crippen molar-refractivity contribution in [3.8, 4) is 5.75 Å². The van der Waals surface area contributed by atoms with Crippen molar-refractivity contribution in [2.45, 2.75) is 6.92 Å². The molecule has 2 rings (SSSR count). The number of benzene rings is 1. The summed E-state index contributed by atoms with van der Waals surface area (Å²) >= 11 is 5.00. The average molecular weight is 273 g/mol. The van der Waals surface area contributed by atoms with Gasteiger partial charge in [0.25, 0.3) is 0 Å². The third-order valence-electron chi connectivity index (χ3n) is 2.81. The maximum Gasteiger partial charge on any atom is 0.133 e. The Morgan fingerprint density at radius 3 is 2.47 bits per heavy atom. The largest absolute Gasteiger partial charge is 0.508 e. The molecule has 0 saturated carbocycles. The summed E-state index contributed by atoms with van der Waals surface area (Å²) in [5.41, 5.74) is 8.23. The number of phenolic OH excluding ortho intramolecular Hbond substituents is 1. The fraction of sp³-hybridized carbons (Fsp3) is 0.143. The van der Waals surface area contributed by atoms with Crippen molar-refractivity contribution in [2.75, 3.05) is 11.9 Å². The molecule has 1 aromatic heterocycles. The number of hydrogen-bond acceptors (Lipinski definition) is 4. The summed E-state index contributed by atoms with van der Waals surface area (Å²) in [6.45, 7) is 1.90. The van der Waals surface area contributed by atoms with Crippen LogP contribution in [0.5, 0.6) is 5.75 Å². The van der Waals surface area contributed by atoms with Gasteiger partial charge >= 0.3 is 0 Å². The lowest BCUT2D eigenvalue weighted by Crippen LogP contribution is -2.15. The SMILES string of the molecule is Cc1cc(C(N)=S)cc(N(C)c2ccc(O)cc2)n1. The standard InChI is InChI=1S/C14H15N3OS/c1-9-7-10(14(15)19)8-13(16-9)17(2)11-3-5-12(18)6-4-11/h3-8,18H,1-2H3,(H2,15,19). The van der Waals surface area contributed by atoms with Gasteiger partial charge in [-0.15, -0.1) is 0 Å². The maximum absolute atomic E-state index is 9.30. The van der Waals surface area contributed by atoms with Crippen LogP contribution < -0.4 is 10.6 Å². The predicted molar refractivity (Wildman–Crippen MR) is 81.0 cm³/mol. The summed E-state index contributed by atoms with van der Waals surface area (Å²) in [5, 5.41) is 9.30. The van der Waals surface area contributed by atoms with Crippen LogP contribution in [0.25, 0.3) is 0 Å². The van der Waals surface area contributed by atoms with E-state index in [1.165, 1.54) is 0 Å². The second kappa shape index (κ2) is 5.24. The van der Waals surface area contributed by atoms with E-state index in [-0.39, 0.29) is 5.75 Å². The molecule has 0 unspecified atom stereocenters. The van der Waals surface area contributed by atoms with Crippen molar-refractivity contribution >= 4 is 28.7 Å². The van der Waals surface area contributed by atoms with Gasteiger partial charge in [0, 0.05) is 24.0 Å². The van der Waals surface area contributed by atoms with Gasteiger partial charge in [0.05, 0.1) is 0 Å². The van der Waals surface area contributed by atoms with Crippen molar-refractivity contribution in [3.05, 3.63) is 47.7 Å². The molecule has 0 aliphatic carbocycles. The van der Waals surface area contributed by atoms with Crippen molar-refractivity contribution in [1.29, 1.82) is 0 Å². The van der Waals surface area contributed by atoms with Crippen molar-refractivity contribution in [1.82, 2.24) is 4.98 Å². The van der Waals surface area contributed by atoms with E-state index in [0.29, 0.717) is 4.99 Å². The summed E-state index contributed by atoms with van der Waals surface area (Å²) in [6, 6.07) is 10.6. The first kappa shape index (κ1) is 13.3. The molecule has 0 spiro atoms. The van der Waals surface area contributed by atoms with Crippen molar-refractivity contribution in [3.63, 3.8) is 0 Å². The first-order chi connectivity index (χ1) is 8.97. The Morgan fingerprint density at radius 1 is 1.26 bits per heavy atom. The molecular weight excluding hydrogens is 258 g/mol. The minimum absolute atomic E-state index is 0.234. The molecular formula is C14H15N3OS. The Hall–Kier alpha value is -2.14. The highest BCUT2D eigenvalue weighted by Crippen LogP contribution is 2.24. The lowest BCUT2D eigenvalue weighted by atomic mass is 10.2. The second-order valence-electron chi connectivity index (χ2n) is 4.30. The summed E-state index contributed by atoms with van der Waals surface area (Å²) in [6.07, 6.45) is 0. The summed E-state index contributed by atoms with van der Waals surface area (Å²) in [7, 11) is 1.90. The van der Waals surface area contributed by atoms with E-state index in [1.54, 1.807) is 12.1 Å². The Labute approximate surface area is 117 Å². The summed E-state index contributed by atoms with van der Waals surface area (Å²) in [4.78, 5) is 6.73. The Balaban J connectivity index is 2.40. The van der Waals surface area contributed by atoms with Crippen molar-refractivity contribution < 1.29 is 5.11 Å². The fourth-order valence-electron chi connectivity index (χ4n) is 1.77. The first-order valence-electron chi connectivity index (χ1n) is 5.78. The normalized spacial score (nSPS) is 10.2. The van der Waals surface area contributed by atoms with Crippen LogP contribution in [0.4, 0.5) is 11.5 Å². The highest BCUT2D eigenvalue weighted by atomic mass is 32.1. The molecule has 0 amide bonds. The molecule has 19 heavy (non-hydrogen) atoms. The number of nitrogens with zero attached hydrogens (tertiary/aromatic N) is 2. The molecule has 0 bridgehead atoms. The van der Waals surface area contributed by atoms with E-state index in [2.05, 4.69) is 4.98 Å². The zero-order valence-electron chi connectivity index (χ0n) is 10.8. The lowest BCUT2D eigenvalue weighted by Gasteiger charge is -2.19. The van der Waals surface area contributed by atoms with Gasteiger partial charge in [-0.3, -0.25) is 0 Å². The molecule has 0 atom stereocenters. The van der Waals surface area contributed by atoms with E-state index in [9.17, 15) is 5.11 Å². The molecule has 0 aliphatic heterocycles. The number of aromatic hydroxyl groups is 1. The average Bonchev–Trinajstić information content (AvgIpc) is 2.38. The van der Waals surface area contributed by atoms with Crippen LogP contribution in [0.3, 0.4) is 0 Å². The van der Waals surface area contributed by atoms with Gasteiger partial charge in [-0.1, -0.05) is 12.2 Å². The van der Waals surface area contributed by atoms with Crippen LogP contribution in [-0.4, -0.2) is 22.1 Å². The monoisotopic (exact) mass is 273 g/mol. The fourth-order valence-corrected chi connectivity index (χ4v) is 1.89. The third-order valence-corrected chi connectivity index (χ3v) is 3.04. The van der Waals surface area contributed by atoms with Crippen LogP contribution >= 0.6 is 12.2 Å². The summed E-state index contributed by atoms with van der Waals surface area (Å²) < 4.78 is 0. The predicted octanol–water partition coefficient (Wildman–Crippen LogP) is 2.50. The van der Waals surface area contributed by atoms with E-state index in [0.717, 1.165) is 22.8 Å². The van der Waals surface area contributed by atoms with Crippen LogP contribution in [0, 0.1) is 6.92 Å². The number of hydrogen-bond donors (Lipinski definition) is 2. The molecule has 2 aromatic rings. The van der Waals surface area contributed by atoms with Gasteiger partial charge in [-0.05, 0) is 43.3 Å². The number of aryl methyl sites for hydroxylation is 1. The van der Waals surface area contributed by atoms with Crippen LogP contribution in [0.1, 0.15) is 11.3 Å². The van der Waals surface area contributed by atoms with Gasteiger partial charge in [0.15, 0.2) is 0 Å². The minimum Gasteiger partial charge on any atom is -0.508 e. The van der Waals surface area contributed by atoms with Gasteiger partial charge in [0.2, 0.25) is 0 Å². The second-order valence-corrected chi connectivity index (χ2v) is 4.73. The summed E-state index contributed by atoms with van der Waals surface area (Å²) in [5.74, 6) is 0.992. The number of pyridine rings is 1. The van der Waals surface area contributed by atoms with Crippen LogP contribution in [-0.2, 0) is 0 Å². The Kier molecular flexibility index (Phi) is 3.66. The van der Waals surface area contributed by atoms with Crippen LogP contribution in [0.15, 0.2) is 36.4 Å². The molecule has 0 fully saturated rings. The molecule has 5 heteroatoms. The van der Waals surface area contributed by atoms with E-state index < -0.39 is 0 Å². The van der Waals surface area contributed by atoms with E-state index in [4.69, 9.17) is 18.0 Å². The number of phenols is 1. The zero-order valence-corrected chi connectivity index (χ0v) is 11.6. The highest BCUT2D eigenvalue weighted by Gasteiger charge is 2.08.